The van der Waals surface area contributed by atoms with Crippen molar-refractivity contribution in [3.63, 3.8) is 0 Å². The smallest absolute Gasteiger partial charge is 0.303 e. The molecular formula is C13H21NO3S. The number of thioether (sulfide) groups is 1. The first-order valence-electron chi connectivity index (χ1n) is 6.75. The Morgan fingerprint density at radius 3 is 2.28 bits per heavy atom. The molecule has 4 nitrogen and oxygen atoms in total. The van der Waals surface area contributed by atoms with Crippen LogP contribution < -0.4 is 0 Å². The van der Waals surface area contributed by atoms with Gasteiger partial charge in [0.25, 0.3) is 0 Å². The highest BCUT2D eigenvalue weighted by molar-refractivity contribution is 7.99. The zero-order chi connectivity index (χ0) is 13.0. The molecule has 0 unspecified atom stereocenters. The van der Waals surface area contributed by atoms with E-state index in [1.165, 1.54) is 0 Å². The molecule has 1 amide bonds. The molecule has 0 radical (unpaired) electrons. The predicted octanol–water partition coefficient (Wildman–Crippen LogP) is 1.84. The second-order valence-corrected chi connectivity index (χ2v) is 6.48. The second kappa shape index (κ2) is 6.45. The Bertz CT molecular complexity index is 307. The lowest BCUT2D eigenvalue weighted by Crippen LogP contribution is -2.42. The van der Waals surface area contributed by atoms with Gasteiger partial charge >= 0.3 is 5.97 Å². The first kappa shape index (κ1) is 13.7. The summed E-state index contributed by atoms with van der Waals surface area (Å²) in [5, 5.41) is 8.76. The summed E-state index contributed by atoms with van der Waals surface area (Å²) in [6.07, 6.45) is 3.97. The molecule has 0 aromatic carbocycles. The van der Waals surface area contributed by atoms with Gasteiger partial charge in [0.2, 0.25) is 5.91 Å². The fourth-order valence-corrected chi connectivity index (χ4v) is 3.91. The highest BCUT2D eigenvalue weighted by Gasteiger charge is 2.29. The summed E-state index contributed by atoms with van der Waals surface area (Å²) >= 11 is 1.93. The summed E-state index contributed by atoms with van der Waals surface area (Å²) in [6.45, 7) is 1.50. The minimum atomic E-state index is -0.718. The van der Waals surface area contributed by atoms with E-state index in [-0.39, 0.29) is 18.3 Å². The van der Waals surface area contributed by atoms with Crippen molar-refractivity contribution in [2.45, 2.75) is 32.1 Å². The lowest BCUT2D eigenvalue weighted by atomic mass is 9.92. The molecule has 0 saturated carbocycles. The van der Waals surface area contributed by atoms with Gasteiger partial charge in [0.05, 0.1) is 0 Å². The van der Waals surface area contributed by atoms with Crippen LogP contribution in [0.15, 0.2) is 0 Å². The van der Waals surface area contributed by atoms with Gasteiger partial charge in [0.15, 0.2) is 0 Å². The van der Waals surface area contributed by atoms with Crippen molar-refractivity contribution in [1.29, 1.82) is 0 Å². The van der Waals surface area contributed by atoms with Crippen molar-refractivity contribution >= 4 is 23.6 Å². The lowest BCUT2D eigenvalue weighted by molar-refractivity contribution is -0.139. The van der Waals surface area contributed by atoms with E-state index in [0.29, 0.717) is 5.91 Å². The van der Waals surface area contributed by atoms with Gasteiger partial charge in [0, 0.05) is 25.4 Å². The minimum absolute atomic E-state index is 0.224. The zero-order valence-corrected chi connectivity index (χ0v) is 11.5. The third-order valence-corrected chi connectivity index (χ3v) is 5.01. The van der Waals surface area contributed by atoms with Gasteiger partial charge in [-0.3, -0.25) is 9.59 Å². The minimum Gasteiger partial charge on any atom is -0.481 e. The number of rotatable bonds is 3. The number of aliphatic carboxylic acids is 1. The van der Waals surface area contributed by atoms with E-state index in [2.05, 4.69) is 0 Å². The number of piperidine rings is 1. The van der Waals surface area contributed by atoms with Crippen LogP contribution in [-0.4, -0.2) is 46.5 Å². The Morgan fingerprint density at radius 1 is 1.11 bits per heavy atom. The van der Waals surface area contributed by atoms with Crippen LogP contribution in [0.2, 0.25) is 0 Å². The monoisotopic (exact) mass is 271 g/mol. The third-order valence-electron chi connectivity index (χ3n) is 3.96. The number of carbonyl (C=O) groups excluding carboxylic acids is 1. The maximum atomic E-state index is 12.3. The van der Waals surface area contributed by atoms with Crippen LogP contribution >= 0.6 is 11.8 Å². The van der Waals surface area contributed by atoms with E-state index in [9.17, 15) is 9.59 Å². The maximum absolute atomic E-state index is 12.3. The number of likely N-dealkylation sites (tertiary alicyclic amines) is 1. The Labute approximate surface area is 112 Å². The fraction of sp³-hybridized carbons (Fsp3) is 0.846. The number of nitrogens with zero attached hydrogens (tertiary/aromatic N) is 1. The molecule has 2 heterocycles. The molecule has 0 aliphatic carbocycles. The van der Waals surface area contributed by atoms with E-state index < -0.39 is 5.97 Å². The van der Waals surface area contributed by atoms with Crippen LogP contribution in [0, 0.1) is 11.8 Å². The van der Waals surface area contributed by atoms with Crippen molar-refractivity contribution < 1.29 is 14.7 Å². The number of hydrogen-bond donors (Lipinski definition) is 1. The fourth-order valence-electron chi connectivity index (χ4n) is 2.81. The van der Waals surface area contributed by atoms with Gasteiger partial charge in [-0.05, 0) is 43.1 Å². The molecule has 2 rings (SSSR count). The van der Waals surface area contributed by atoms with Gasteiger partial charge in [-0.25, -0.2) is 0 Å². The van der Waals surface area contributed by atoms with Crippen molar-refractivity contribution in [3.05, 3.63) is 0 Å². The molecule has 2 saturated heterocycles. The number of amides is 1. The van der Waals surface area contributed by atoms with E-state index in [4.69, 9.17) is 5.11 Å². The Hall–Kier alpha value is -0.710. The molecule has 102 valence electrons. The van der Waals surface area contributed by atoms with Gasteiger partial charge in [-0.15, -0.1) is 0 Å². The summed E-state index contributed by atoms with van der Waals surface area (Å²) in [6, 6.07) is 0. The second-order valence-electron chi connectivity index (χ2n) is 5.25. The number of carbonyl (C=O) groups is 2. The highest BCUT2D eigenvalue weighted by Crippen LogP contribution is 2.27. The number of carboxylic acids is 1. The van der Waals surface area contributed by atoms with Gasteiger partial charge in [-0.2, -0.15) is 11.8 Å². The van der Waals surface area contributed by atoms with Crippen LogP contribution in [0.3, 0.4) is 0 Å². The van der Waals surface area contributed by atoms with Crippen LogP contribution in [0.4, 0.5) is 0 Å². The summed E-state index contributed by atoms with van der Waals surface area (Å²) in [7, 11) is 0. The topological polar surface area (TPSA) is 57.6 Å². The SMILES string of the molecule is O=C(O)CC1CCN(C(=O)C2CCSCC2)CC1. The van der Waals surface area contributed by atoms with E-state index in [1.807, 2.05) is 16.7 Å². The third kappa shape index (κ3) is 3.64. The molecule has 2 aliphatic rings. The maximum Gasteiger partial charge on any atom is 0.303 e. The normalized spacial score (nSPS) is 23.0. The predicted molar refractivity (Wildman–Crippen MR) is 71.6 cm³/mol. The summed E-state index contributed by atoms with van der Waals surface area (Å²) in [5.41, 5.74) is 0. The molecule has 5 heteroatoms. The van der Waals surface area contributed by atoms with Gasteiger partial charge < -0.3 is 10.0 Å². The van der Waals surface area contributed by atoms with Gasteiger partial charge in [-0.1, -0.05) is 0 Å². The summed E-state index contributed by atoms with van der Waals surface area (Å²) in [5.74, 6) is 2.28. The van der Waals surface area contributed by atoms with E-state index >= 15 is 0 Å². The Balaban J connectivity index is 1.78. The molecule has 0 atom stereocenters. The van der Waals surface area contributed by atoms with Crippen LogP contribution in [0.1, 0.15) is 32.1 Å². The van der Waals surface area contributed by atoms with Crippen molar-refractivity contribution in [3.8, 4) is 0 Å². The lowest BCUT2D eigenvalue weighted by Gasteiger charge is -2.34. The molecule has 2 aliphatic heterocycles. The van der Waals surface area contributed by atoms with Crippen LogP contribution in [0.5, 0.6) is 0 Å². The molecule has 18 heavy (non-hydrogen) atoms. The van der Waals surface area contributed by atoms with E-state index in [0.717, 1.165) is 50.3 Å². The van der Waals surface area contributed by atoms with Crippen molar-refractivity contribution in [1.82, 2.24) is 4.90 Å². The van der Waals surface area contributed by atoms with Crippen molar-refractivity contribution in [2.24, 2.45) is 11.8 Å². The first-order valence-corrected chi connectivity index (χ1v) is 7.90. The zero-order valence-electron chi connectivity index (χ0n) is 10.6. The number of hydrogen-bond acceptors (Lipinski definition) is 3. The molecule has 0 aromatic rings. The standard InChI is InChI=1S/C13H21NO3S/c15-12(16)9-10-1-5-14(6-2-10)13(17)11-3-7-18-8-4-11/h10-11H,1-9H2,(H,15,16). The molecule has 0 spiro atoms. The summed E-state index contributed by atoms with van der Waals surface area (Å²) in [4.78, 5) is 24.9. The average molecular weight is 271 g/mol. The molecule has 0 bridgehead atoms. The Kier molecular flexibility index (Phi) is 4.92. The molecule has 1 N–H and O–H groups in total. The number of carboxylic acid groups (broad SMARTS) is 1. The largest absolute Gasteiger partial charge is 0.481 e. The first-order chi connectivity index (χ1) is 8.66. The quantitative estimate of drug-likeness (QED) is 0.851. The van der Waals surface area contributed by atoms with Crippen molar-refractivity contribution in [2.75, 3.05) is 24.6 Å². The molecule has 0 aromatic heterocycles. The van der Waals surface area contributed by atoms with Crippen LogP contribution in [-0.2, 0) is 9.59 Å². The summed E-state index contributed by atoms with van der Waals surface area (Å²) < 4.78 is 0. The molecule has 2 fully saturated rings. The average Bonchev–Trinajstić information content (AvgIpc) is 2.39. The van der Waals surface area contributed by atoms with Crippen LogP contribution in [0.25, 0.3) is 0 Å². The van der Waals surface area contributed by atoms with Gasteiger partial charge in [0.1, 0.15) is 0 Å². The molecular weight excluding hydrogens is 250 g/mol. The van der Waals surface area contributed by atoms with E-state index in [1.54, 1.807) is 0 Å². The highest BCUT2D eigenvalue weighted by atomic mass is 32.2. The Morgan fingerprint density at radius 2 is 1.72 bits per heavy atom.